The smallest absolute Gasteiger partial charge is 0.422 e. The van der Waals surface area contributed by atoms with Gasteiger partial charge in [-0.1, -0.05) is 37.6 Å². The van der Waals surface area contributed by atoms with Crippen molar-refractivity contribution in [2.75, 3.05) is 30.3 Å². The van der Waals surface area contributed by atoms with Crippen molar-refractivity contribution in [2.24, 2.45) is 12.5 Å². The fraction of sp³-hybridized carbons (Fsp3) is 0.353. The van der Waals surface area contributed by atoms with Gasteiger partial charge in [0.05, 0.1) is 12.0 Å². The predicted octanol–water partition coefficient (Wildman–Crippen LogP) is 5.33. The molecule has 0 bridgehead atoms. The first-order valence-electron chi connectivity index (χ1n) is 15.7. The van der Waals surface area contributed by atoms with Gasteiger partial charge >= 0.3 is 12.2 Å². The number of carbonyl (C=O) groups is 3. The lowest BCUT2D eigenvalue weighted by Crippen LogP contribution is -2.44. The van der Waals surface area contributed by atoms with Crippen LogP contribution in [-0.4, -0.2) is 63.0 Å². The van der Waals surface area contributed by atoms with E-state index in [1.54, 1.807) is 66.3 Å². The maximum atomic E-state index is 12.9. The molecule has 0 radical (unpaired) electrons. The predicted molar refractivity (Wildman–Crippen MR) is 180 cm³/mol. The highest BCUT2D eigenvalue weighted by Crippen LogP contribution is 2.48. The number of Topliss-reactive ketones (excluding diaryl/α,β-unsaturated/α-hetero) is 1. The van der Waals surface area contributed by atoms with Crippen LogP contribution in [0.1, 0.15) is 48.3 Å². The van der Waals surface area contributed by atoms with Gasteiger partial charge in [0, 0.05) is 48.3 Å². The first-order chi connectivity index (χ1) is 23.6. The largest absolute Gasteiger partial charge is 0.454 e. The third-order valence-electron chi connectivity index (χ3n) is 7.98. The van der Waals surface area contributed by atoms with Gasteiger partial charge in [-0.25, -0.2) is 0 Å². The van der Waals surface area contributed by atoms with E-state index in [2.05, 4.69) is 36.2 Å². The fourth-order valence-electron chi connectivity index (χ4n) is 4.93. The summed E-state index contributed by atoms with van der Waals surface area (Å²) in [5.41, 5.74) is 1.34. The molecule has 1 aliphatic rings. The van der Waals surface area contributed by atoms with Crippen LogP contribution >= 0.6 is 11.6 Å². The van der Waals surface area contributed by atoms with Gasteiger partial charge in [-0.3, -0.25) is 14.4 Å². The molecule has 5 rings (SSSR count). The number of ketones is 1. The standard InChI is InChI=1S/C34H36ClF3N8O4/c1-32(2,19-40-28(49)26(47)17-25-5-4-16-46(25)3)18-39-27(48)21-6-12-24(13-7-21)41-29-42-30(44-31(43-29)50-20-34(36,37)38)45-33(14-15-33)22-8-10-23(35)11-9-22/h4-13,16H,14-15,17-20H2,1-3H3,(H,39,48)(H,40,49)(H2,41,42,43,44,45). The van der Waals surface area contributed by atoms with Crippen LogP contribution in [-0.2, 0) is 28.6 Å². The molecule has 1 saturated carbocycles. The SMILES string of the molecule is Cn1cccc1CC(=O)C(=O)NCC(C)(C)CNC(=O)c1ccc(Nc2nc(NC3(c4ccc(Cl)cc4)CC3)nc(OCC(F)(F)F)n2)cc1. The zero-order valence-electron chi connectivity index (χ0n) is 27.5. The highest BCUT2D eigenvalue weighted by Gasteiger charge is 2.45. The van der Waals surface area contributed by atoms with Gasteiger partial charge < -0.3 is 30.6 Å². The lowest BCUT2D eigenvalue weighted by Gasteiger charge is -2.25. The molecule has 2 aromatic heterocycles. The van der Waals surface area contributed by atoms with Crippen LogP contribution in [0.15, 0.2) is 66.9 Å². The van der Waals surface area contributed by atoms with Crippen LogP contribution in [0.2, 0.25) is 5.02 Å². The van der Waals surface area contributed by atoms with Crippen LogP contribution in [0.4, 0.5) is 30.8 Å². The second-order valence-corrected chi connectivity index (χ2v) is 13.3. The average molecular weight is 713 g/mol. The van der Waals surface area contributed by atoms with E-state index in [9.17, 15) is 27.6 Å². The minimum Gasteiger partial charge on any atom is -0.454 e. The summed E-state index contributed by atoms with van der Waals surface area (Å²) in [4.78, 5) is 50.0. The minimum atomic E-state index is -4.60. The number of aromatic nitrogens is 4. The third kappa shape index (κ3) is 9.94. The summed E-state index contributed by atoms with van der Waals surface area (Å²) in [5, 5.41) is 12.2. The van der Waals surface area contributed by atoms with Crippen molar-refractivity contribution < 1.29 is 32.3 Å². The number of carbonyl (C=O) groups excluding carboxylic acids is 3. The summed E-state index contributed by atoms with van der Waals surface area (Å²) in [6.45, 7) is 2.46. The number of rotatable bonds is 15. The number of nitrogens with zero attached hydrogens (tertiary/aromatic N) is 4. The van der Waals surface area contributed by atoms with Crippen LogP contribution in [0.25, 0.3) is 0 Å². The molecular formula is C34H36ClF3N8O4. The van der Waals surface area contributed by atoms with Crippen molar-refractivity contribution >= 4 is 46.8 Å². The van der Waals surface area contributed by atoms with Gasteiger partial charge in [0.15, 0.2) is 6.61 Å². The molecule has 0 atom stereocenters. The Kier molecular flexibility index (Phi) is 10.6. The Labute approximate surface area is 291 Å². The van der Waals surface area contributed by atoms with E-state index in [4.69, 9.17) is 16.3 Å². The number of benzene rings is 2. The second kappa shape index (κ2) is 14.7. The second-order valence-electron chi connectivity index (χ2n) is 12.8. The fourth-order valence-corrected chi connectivity index (χ4v) is 5.06. The number of alkyl halides is 3. The van der Waals surface area contributed by atoms with Crippen molar-refractivity contribution in [3.8, 4) is 6.01 Å². The number of anilines is 3. The van der Waals surface area contributed by atoms with Gasteiger partial charge in [-0.05, 0) is 72.4 Å². The normalized spacial score (nSPS) is 13.7. The zero-order chi connectivity index (χ0) is 36.1. The summed E-state index contributed by atoms with van der Waals surface area (Å²) in [7, 11) is 1.80. The maximum absolute atomic E-state index is 12.9. The average Bonchev–Trinajstić information content (AvgIpc) is 3.73. The van der Waals surface area contributed by atoms with Crippen LogP contribution < -0.4 is 26.0 Å². The van der Waals surface area contributed by atoms with Gasteiger partial charge in [-0.15, -0.1) is 0 Å². The number of nitrogens with one attached hydrogen (secondary N) is 4. The molecule has 50 heavy (non-hydrogen) atoms. The molecule has 0 aliphatic heterocycles. The maximum Gasteiger partial charge on any atom is 0.422 e. The van der Waals surface area contributed by atoms with Crippen molar-refractivity contribution in [3.63, 3.8) is 0 Å². The molecule has 4 N–H and O–H groups in total. The van der Waals surface area contributed by atoms with E-state index in [-0.39, 0.29) is 37.3 Å². The molecule has 1 fully saturated rings. The van der Waals surface area contributed by atoms with Crippen molar-refractivity contribution in [2.45, 2.75) is 44.8 Å². The third-order valence-corrected chi connectivity index (χ3v) is 8.23. The van der Waals surface area contributed by atoms with E-state index in [0.717, 1.165) is 24.1 Å². The lowest BCUT2D eigenvalue weighted by molar-refractivity contribution is -0.154. The van der Waals surface area contributed by atoms with Gasteiger partial charge in [-0.2, -0.15) is 28.1 Å². The van der Waals surface area contributed by atoms with Crippen LogP contribution in [0, 0.1) is 5.41 Å². The molecular weight excluding hydrogens is 677 g/mol. The Morgan fingerprint density at radius 1 is 0.920 bits per heavy atom. The van der Waals surface area contributed by atoms with E-state index < -0.39 is 41.4 Å². The first kappa shape index (κ1) is 36.1. The van der Waals surface area contributed by atoms with Crippen molar-refractivity contribution in [1.82, 2.24) is 30.2 Å². The number of hydrogen-bond donors (Lipinski definition) is 4. The van der Waals surface area contributed by atoms with Gasteiger partial charge in [0.1, 0.15) is 0 Å². The highest BCUT2D eigenvalue weighted by molar-refractivity contribution is 6.36. The molecule has 0 unspecified atom stereocenters. The molecule has 1 aliphatic carbocycles. The number of aryl methyl sites for hydroxylation is 1. The van der Waals surface area contributed by atoms with E-state index in [1.165, 1.54) is 0 Å². The number of hydrogen-bond acceptors (Lipinski definition) is 9. The summed E-state index contributed by atoms with van der Waals surface area (Å²) < 4.78 is 45.4. The topological polar surface area (TPSA) is 152 Å². The summed E-state index contributed by atoms with van der Waals surface area (Å²) >= 11 is 6.03. The Hall–Kier alpha value is -5.18. The lowest BCUT2D eigenvalue weighted by atomic mass is 9.93. The Balaban J connectivity index is 1.18. The number of halogens is 4. The summed E-state index contributed by atoms with van der Waals surface area (Å²) in [6.07, 6.45) is -1.34. The summed E-state index contributed by atoms with van der Waals surface area (Å²) in [5.74, 6) is -1.68. The Morgan fingerprint density at radius 3 is 2.20 bits per heavy atom. The monoisotopic (exact) mass is 712 g/mol. The van der Waals surface area contributed by atoms with E-state index in [0.29, 0.717) is 16.3 Å². The van der Waals surface area contributed by atoms with Crippen LogP contribution in [0.3, 0.4) is 0 Å². The molecule has 12 nitrogen and oxygen atoms in total. The molecule has 264 valence electrons. The van der Waals surface area contributed by atoms with Crippen molar-refractivity contribution in [1.29, 1.82) is 0 Å². The Morgan fingerprint density at radius 2 is 1.58 bits per heavy atom. The first-order valence-corrected chi connectivity index (χ1v) is 16.0. The van der Waals surface area contributed by atoms with E-state index in [1.807, 2.05) is 26.0 Å². The molecule has 2 aromatic carbocycles. The molecule has 0 saturated heterocycles. The molecule has 4 aromatic rings. The molecule has 16 heteroatoms. The number of ether oxygens (including phenoxy) is 1. The van der Waals surface area contributed by atoms with Crippen molar-refractivity contribution in [3.05, 3.63) is 88.7 Å². The molecule has 2 amide bonds. The highest BCUT2D eigenvalue weighted by atomic mass is 35.5. The zero-order valence-corrected chi connectivity index (χ0v) is 28.3. The van der Waals surface area contributed by atoms with Gasteiger partial charge in [0.25, 0.3) is 11.8 Å². The molecule has 0 spiro atoms. The van der Waals surface area contributed by atoms with Gasteiger partial charge in [0.2, 0.25) is 17.7 Å². The quantitative estimate of drug-likeness (QED) is 0.120. The summed E-state index contributed by atoms with van der Waals surface area (Å²) in [6, 6.07) is 16.5. The minimum absolute atomic E-state index is 0.0132. The van der Waals surface area contributed by atoms with Crippen LogP contribution in [0.5, 0.6) is 6.01 Å². The Bertz CT molecular complexity index is 1840. The molecule has 2 heterocycles. The number of amides is 2. The van der Waals surface area contributed by atoms with E-state index >= 15 is 0 Å².